The summed E-state index contributed by atoms with van der Waals surface area (Å²) in [5.41, 5.74) is 2.21. The normalized spacial score (nSPS) is 10.3. The van der Waals surface area contributed by atoms with Crippen molar-refractivity contribution in [3.05, 3.63) is 24.4 Å². The molecule has 1 aromatic carbocycles. The van der Waals surface area contributed by atoms with Crippen molar-refractivity contribution in [2.24, 2.45) is 0 Å². The first kappa shape index (κ1) is 7.98. The van der Waals surface area contributed by atoms with Gasteiger partial charge in [0, 0.05) is 24.1 Å². The number of hydrogen-bond acceptors (Lipinski definition) is 2. The van der Waals surface area contributed by atoms with Crippen LogP contribution in [0.5, 0.6) is 5.75 Å². The molecular weight excluding hydrogens is 164 g/mol. The number of ether oxygens (including phenoxy) is 1. The van der Waals surface area contributed by atoms with Crippen LogP contribution in [0.25, 0.3) is 10.9 Å². The molecule has 0 amide bonds. The van der Waals surface area contributed by atoms with Gasteiger partial charge in [0.05, 0.1) is 12.8 Å². The van der Waals surface area contributed by atoms with E-state index in [1.165, 1.54) is 0 Å². The van der Waals surface area contributed by atoms with Crippen LogP contribution in [0.1, 0.15) is 0 Å². The Morgan fingerprint density at radius 1 is 1.38 bits per heavy atom. The molecule has 3 heteroatoms. The summed E-state index contributed by atoms with van der Waals surface area (Å²) in [6.07, 6.45) is 1.95. The van der Waals surface area contributed by atoms with Crippen molar-refractivity contribution in [1.82, 2.24) is 4.98 Å². The Morgan fingerprint density at radius 3 is 2.92 bits per heavy atom. The van der Waals surface area contributed by atoms with Crippen LogP contribution in [-0.4, -0.2) is 19.1 Å². The quantitative estimate of drug-likeness (QED) is 0.736. The fourth-order valence-electron chi connectivity index (χ4n) is 1.43. The molecule has 1 heterocycles. The van der Waals surface area contributed by atoms with Crippen molar-refractivity contribution in [1.29, 1.82) is 0 Å². The lowest BCUT2D eigenvalue weighted by atomic mass is 10.2. The zero-order valence-electron chi connectivity index (χ0n) is 7.72. The summed E-state index contributed by atoms with van der Waals surface area (Å²) >= 11 is 0. The van der Waals surface area contributed by atoms with Gasteiger partial charge in [-0.3, -0.25) is 0 Å². The second-order valence-corrected chi connectivity index (χ2v) is 2.86. The van der Waals surface area contributed by atoms with E-state index in [2.05, 4.69) is 10.3 Å². The van der Waals surface area contributed by atoms with E-state index in [-0.39, 0.29) is 0 Å². The summed E-state index contributed by atoms with van der Waals surface area (Å²) in [5, 5.41) is 4.27. The summed E-state index contributed by atoms with van der Waals surface area (Å²) in [6, 6.07) is 5.96. The van der Waals surface area contributed by atoms with Gasteiger partial charge in [-0.2, -0.15) is 0 Å². The molecule has 2 N–H and O–H groups in total. The molecule has 0 aliphatic carbocycles. The molecule has 2 rings (SSSR count). The molecule has 0 saturated carbocycles. The molecule has 0 saturated heterocycles. The van der Waals surface area contributed by atoms with Crippen molar-refractivity contribution in [2.45, 2.75) is 0 Å². The zero-order chi connectivity index (χ0) is 9.26. The number of rotatable bonds is 2. The molecule has 0 aliphatic rings. The Balaban J connectivity index is 2.64. The van der Waals surface area contributed by atoms with Crippen molar-refractivity contribution >= 4 is 16.6 Å². The Labute approximate surface area is 76.7 Å². The summed E-state index contributed by atoms with van der Waals surface area (Å²) in [6.45, 7) is 0. The minimum Gasteiger partial charge on any atom is -0.497 e. The van der Waals surface area contributed by atoms with Gasteiger partial charge >= 0.3 is 0 Å². The van der Waals surface area contributed by atoms with Crippen molar-refractivity contribution in [2.75, 3.05) is 19.5 Å². The molecule has 0 aliphatic heterocycles. The minimum absolute atomic E-state index is 0.878. The minimum atomic E-state index is 0.878. The van der Waals surface area contributed by atoms with Gasteiger partial charge in [-0.15, -0.1) is 0 Å². The maximum atomic E-state index is 5.15. The molecule has 1 aromatic heterocycles. The number of fused-ring (bicyclic) bond motifs is 1. The Morgan fingerprint density at radius 2 is 2.23 bits per heavy atom. The van der Waals surface area contributed by atoms with Gasteiger partial charge in [0.15, 0.2) is 0 Å². The number of nitrogens with one attached hydrogen (secondary N) is 2. The van der Waals surface area contributed by atoms with Gasteiger partial charge < -0.3 is 15.0 Å². The predicted molar refractivity (Wildman–Crippen MR) is 54.4 cm³/mol. The first-order valence-electron chi connectivity index (χ1n) is 4.18. The van der Waals surface area contributed by atoms with Crippen LogP contribution in [0.15, 0.2) is 24.4 Å². The Kier molecular flexibility index (Phi) is 1.85. The molecule has 13 heavy (non-hydrogen) atoms. The molecule has 0 unspecified atom stereocenters. The lowest BCUT2D eigenvalue weighted by Crippen LogP contribution is -1.85. The van der Waals surface area contributed by atoms with Crippen LogP contribution in [0, 0.1) is 0 Å². The molecular formula is C10H12N2O. The highest BCUT2D eigenvalue weighted by Gasteiger charge is 2.02. The molecule has 0 atom stereocenters. The molecule has 0 spiro atoms. The van der Waals surface area contributed by atoms with Crippen molar-refractivity contribution in [3.8, 4) is 5.75 Å². The standard InChI is InChI=1S/C10H12N2O/c1-11-10-6-12-9-4-3-7(13-2)5-8(9)10/h3-6,11-12H,1-2H3. The first-order chi connectivity index (χ1) is 6.35. The maximum Gasteiger partial charge on any atom is 0.119 e. The van der Waals surface area contributed by atoms with Crippen LogP contribution in [0.3, 0.4) is 0 Å². The molecule has 3 nitrogen and oxygen atoms in total. The largest absolute Gasteiger partial charge is 0.497 e. The third-order valence-electron chi connectivity index (χ3n) is 2.16. The zero-order valence-corrected chi connectivity index (χ0v) is 7.72. The fraction of sp³-hybridized carbons (Fsp3) is 0.200. The topological polar surface area (TPSA) is 37.0 Å². The number of anilines is 1. The van der Waals surface area contributed by atoms with E-state index in [1.54, 1.807) is 7.11 Å². The Bertz CT molecular complexity index is 420. The van der Waals surface area contributed by atoms with E-state index in [1.807, 2.05) is 31.4 Å². The molecule has 0 radical (unpaired) electrons. The van der Waals surface area contributed by atoms with Crippen LogP contribution < -0.4 is 10.1 Å². The number of methoxy groups -OCH3 is 1. The van der Waals surface area contributed by atoms with E-state index in [0.717, 1.165) is 22.3 Å². The van der Waals surface area contributed by atoms with Gasteiger partial charge in [-0.25, -0.2) is 0 Å². The van der Waals surface area contributed by atoms with E-state index < -0.39 is 0 Å². The molecule has 0 bridgehead atoms. The third kappa shape index (κ3) is 1.22. The van der Waals surface area contributed by atoms with E-state index in [0.29, 0.717) is 0 Å². The van der Waals surface area contributed by atoms with Gasteiger partial charge in [-0.1, -0.05) is 0 Å². The number of benzene rings is 1. The maximum absolute atomic E-state index is 5.15. The van der Waals surface area contributed by atoms with Crippen molar-refractivity contribution < 1.29 is 4.74 Å². The predicted octanol–water partition coefficient (Wildman–Crippen LogP) is 2.22. The first-order valence-corrected chi connectivity index (χ1v) is 4.18. The summed E-state index contributed by atoms with van der Waals surface area (Å²) < 4.78 is 5.15. The summed E-state index contributed by atoms with van der Waals surface area (Å²) in [7, 11) is 3.58. The van der Waals surface area contributed by atoms with Crippen LogP contribution >= 0.6 is 0 Å². The summed E-state index contributed by atoms with van der Waals surface area (Å²) in [4.78, 5) is 3.17. The Hall–Kier alpha value is -1.64. The van der Waals surface area contributed by atoms with Crippen LogP contribution in [-0.2, 0) is 0 Å². The molecule has 68 valence electrons. The monoisotopic (exact) mass is 176 g/mol. The van der Waals surface area contributed by atoms with Gasteiger partial charge in [0.2, 0.25) is 0 Å². The average Bonchev–Trinajstić information content (AvgIpc) is 2.59. The highest BCUT2D eigenvalue weighted by atomic mass is 16.5. The second kappa shape index (κ2) is 3.01. The third-order valence-corrected chi connectivity index (χ3v) is 2.16. The highest BCUT2D eigenvalue weighted by molar-refractivity contribution is 5.93. The van der Waals surface area contributed by atoms with Gasteiger partial charge in [0.25, 0.3) is 0 Å². The number of hydrogen-bond donors (Lipinski definition) is 2. The lowest BCUT2D eigenvalue weighted by Gasteiger charge is -2.00. The molecule has 2 aromatic rings. The van der Waals surface area contributed by atoms with E-state index in [9.17, 15) is 0 Å². The second-order valence-electron chi connectivity index (χ2n) is 2.86. The SMILES string of the molecule is CNc1c[nH]c2ccc(OC)cc12. The van der Waals surface area contributed by atoms with Crippen LogP contribution in [0.2, 0.25) is 0 Å². The fourth-order valence-corrected chi connectivity index (χ4v) is 1.43. The number of aromatic nitrogens is 1. The van der Waals surface area contributed by atoms with E-state index >= 15 is 0 Å². The molecule has 0 fully saturated rings. The highest BCUT2D eigenvalue weighted by Crippen LogP contribution is 2.26. The van der Waals surface area contributed by atoms with Gasteiger partial charge in [0.1, 0.15) is 5.75 Å². The van der Waals surface area contributed by atoms with Gasteiger partial charge in [-0.05, 0) is 18.2 Å². The number of H-pyrrole nitrogens is 1. The average molecular weight is 176 g/mol. The van der Waals surface area contributed by atoms with Crippen molar-refractivity contribution in [3.63, 3.8) is 0 Å². The lowest BCUT2D eigenvalue weighted by molar-refractivity contribution is 0.415. The van der Waals surface area contributed by atoms with E-state index in [4.69, 9.17) is 4.74 Å². The number of aromatic amines is 1. The smallest absolute Gasteiger partial charge is 0.119 e. The summed E-state index contributed by atoms with van der Waals surface area (Å²) in [5.74, 6) is 0.878. The van der Waals surface area contributed by atoms with Crippen LogP contribution in [0.4, 0.5) is 5.69 Å².